The molecule has 0 aliphatic carbocycles. The van der Waals surface area contributed by atoms with Crippen LogP contribution in [-0.2, 0) is 6.54 Å². The van der Waals surface area contributed by atoms with E-state index in [4.69, 9.17) is 4.52 Å². The third-order valence-electron chi connectivity index (χ3n) is 3.75. The van der Waals surface area contributed by atoms with Crippen LogP contribution in [0.1, 0.15) is 29.5 Å². The summed E-state index contributed by atoms with van der Waals surface area (Å²) < 4.78 is 31.5. The topological polar surface area (TPSA) is 49.5 Å². The molecule has 1 aliphatic heterocycles. The number of hydrogen-bond donors (Lipinski definition) is 1. The Morgan fingerprint density at radius 2 is 2.14 bits per heavy atom. The predicted octanol–water partition coefficient (Wildman–Crippen LogP) is 2.57. The Kier molecular flexibility index (Phi) is 3.73. The minimum absolute atomic E-state index is 0.160. The van der Waals surface area contributed by atoms with Crippen molar-refractivity contribution in [2.45, 2.75) is 32.0 Å². The molecule has 0 bridgehead atoms. The summed E-state index contributed by atoms with van der Waals surface area (Å²) in [6.07, 6.45) is -0.00171. The number of aliphatic hydroxyl groups excluding tert-OH is 1. The van der Waals surface area contributed by atoms with E-state index >= 15 is 0 Å². The van der Waals surface area contributed by atoms with Crippen LogP contribution in [0, 0.1) is 18.6 Å². The zero-order valence-corrected chi connectivity index (χ0v) is 11.6. The van der Waals surface area contributed by atoms with Crippen molar-refractivity contribution in [1.82, 2.24) is 10.1 Å². The number of hydrogen-bond acceptors (Lipinski definition) is 4. The fraction of sp³-hybridized carbons (Fsp3) is 0.400. The van der Waals surface area contributed by atoms with Crippen LogP contribution in [0.25, 0.3) is 0 Å². The van der Waals surface area contributed by atoms with Gasteiger partial charge in [-0.05, 0) is 31.0 Å². The number of aliphatic hydroxyl groups is 1. The summed E-state index contributed by atoms with van der Waals surface area (Å²) in [6.45, 7) is 2.77. The van der Waals surface area contributed by atoms with Crippen LogP contribution in [0.2, 0.25) is 0 Å². The molecule has 0 radical (unpaired) electrons. The Balaban J connectivity index is 1.83. The molecule has 0 amide bonds. The first-order valence-corrected chi connectivity index (χ1v) is 6.82. The van der Waals surface area contributed by atoms with Crippen LogP contribution < -0.4 is 0 Å². The minimum Gasteiger partial charge on any atom is -0.392 e. The standard InChI is InChI=1S/C15H16F2N2O2/c1-9-4-11(18-21-9)7-19-8-12(20)6-15(19)10-2-3-13(16)14(17)5-10/h2-5,12,15,20H,6-8H2,1H3/t12-,15+/m0/s1. The highest BCUT2D eigenvalue weighted by Crippen LogP contribution is 2.33. The van der Waals surface area contributed by atoms with Gasteiger partial charge in [-0.2, -0.15) is 0 Å². The van der Waals surface area contributed by atoms with Crippen molar-refractivity contribution in [3.63, 3.8) is 0 Å². The van der Waals surface area contributed by atoms with Crippen molar-refractivity contribution >= 4 is 0 Å². The van der Waals surface area contributed by atoms with Crippen LogP contribution in [0.5, 0.6) is 0 Å². The van der Waals surface area contributed by atoms with Gasteiger partial charge in [-0.25, -0.2) is 8.78 Å². The molecule has 0 spiro atoms. The van der Waals surface area contributed by atoms with E-state index in [1.807, 2.05) is 17.9 Å². The lowest BCUT2D eigenvalue weighted by atomic mass is 10.0. The molecular weight excluding hydrogens is 278 g/mol. The number of nitrogens with zero attached hydrogens (tertiary/aromatic N) is 2. The van der Waals surface area contributed by atoms with Gasteiger partial charge in [0.1, 0.15) is 5.76 Å². The first-order valence-electron chi connectivity index (χ1n) is 6.82. The number of rotatable bonds is 3. The number of aromatic nitrogens is 1. The smallest absolute Gasteiger partial charge is 0.159 e. The average molecular weight is 294 g/mol. The Morgan fingerprint density at radius 3 is 2.81 bits per heavy atom. The molecule has 1 aromatic heterocycles. The Morgan fingerprint density at radius 1 is 1.33 bits per heavy atom. The zero-order chi connectivity index (χ0) is 15.0. The SMILES string of the molecule is Cc1cc(CN2C[C@@H](O)C[C@@H]2c2ccc(F)c(F)c2)no1. The molecule has 3 rings (SSSR count). The Bertz CT molecular complexity index is 644. The van der Waals surface area contributed by atoms with Crippen molar-refractivity contribution in [2.24, 2.45) is 0 Å². The van der Waals surface area contributed by atoms with E-state index in [-0.39, 0.29) is 6.04 Å². The van der Waals surface area contributed by atoms with Gasteiger partial charge in [-0.15, -0.1) is 0 Å². The monoisotopic (exact) mass is 294 g/mol. The van der Waals surface area contributed by atoms with Crippen LogP contribution in [0.4, 0.5) is 8.78 Å². The summed E-state index contributed by atoms with van der Waals surface area (Å²) in [6, 6.07) is 5.54. The number of likely N-dealkylation sites (tertiary alicyclic amines) is 1. The van der Waals surface area contributed by atoms with E-state index < -0.39 is 17.7 Å². The van der Waals surface area contributed by atoms with Gasteiger partial charge >= 0.3 is 0 Å². The molecule has 1 aliphatic rings. The molecule has 1 fully saturated rings. The second-order valence-electron chi connectivity index (χ2n) is 5.44. The summed E-state index contributed by atoms with van der Waals surface area (Å²) >= 11 is 0. The quantitative estimate of drug-likeness (QED) is 0.945. The van der Waals surface area contributed by atoms with Crippen molar-refractivity contribution < 1.29 is 18.4 Å². The van der Waals surface area contributed by atoms with Gasteiger partial charge in [0.05, 0.1) is 11.8 Å². The number of halogens is 2. The number of benzene rings is 1. The maximum Gasteiger partial charge on any atom is 0.159 e. The fourth-order valence-corrected chi connectivity index (χ4v) is 2.82. The van der Waals surface area contributed by atoms with Crippen LogP contribution >= 0.6 is 0 Å². The van der Waals surface area contributed by atoms with Crippen molar-refractivity contribution in [2.75, 3.05) is 6.54 Å². The van der Waals surface area contributed by atoms with Gasteiger partial charge in [-0.3, -0.25) is 4.90 Å². The van der Waals surface area contributed by atoms with Gasteiger partial charge in [0.25, 0.3) is 0 Å². The second-order valence-corrected chi connectivity index (χ2v) is 5.44. The predicted molar refractivity (Wildman–Crippen MR) is 71.4 cm³/mol. The summed E-state index contributed by atoms with van der Waals surface area (Å²) in [4.78, 5) is 1.99. The Labute approximate surface area is 121 Å². The second kappa shape index (κ2) is 5.54. The minimum atomic E-state index is -0.869. The molecular formula is C15H16F2N2O2. The lowest BCUT2D eigenvalue weighted by Gasteiger charge is -2.23. The molecule has 21 heavy (non-hydrogen) atoms. The highest BCUT2D eigenvalue weighted by molar-refractivity contribution is 5.23. The average Bonchev–Trinajstić information content (AvgIpc) is 3.00. The zero-order valence-electron chi connectivity index (χ0n) is 11.6. The summed E-state index contributed by atoms with van der Waals surface area (Å²) in [5.41, 5.74) is 1.42. The molecule has 6 heteroatoms. The molecule has 2 aromatic rings. The van der Waals surface area contributed by atoms with E-state index in [2.05, 4.69) is 5.16 Å². The molecule has 0 saturated carbocycles. The molecule has 1 saturated heterocycles. The first kappa shape index (κ1) is 14.2. The van der Waals surface area contributed by atoms with Crippen LogP contribution in [-0.4, -0.2) is 27.8 Å². The molecule has 4 nitrogen and oxygen atoms in total. The fourth-order valence-electron chi connectivity index (χ4n) is 2.82. The van der Waals surface area contributed by atoms with E-state index in [9.17, 15) is 13.9 Å². The molecule has 2 heterocycles. The molecule has 1 N–H and O–H groups in total. The highest BCUT2D eigenvalue weighted by atomic mass is 19.2. The molecule has 0 unspecified atom stereocenters. The van der Waals surface area contributed by atoms with Gasteiger partial charge in [0.2, 0.25) is 0 Å². The summed E-state index contributed by atoms with van der Waals surface area (Å²) in [5, 5.41) is 13.8. The van der Waals surface area contributed by atoms with Crippen LogP contribution in [0.15, 0.2) is 28.8 Å². The van der Waals surface area contributed by atoms with Gasteiger partial charge < -0.3 is 9.63 Å². The van der Waals surface area contributed by atoms with Crippen LogP contribution in [0.3, 0.4) is 0 Å². The first-order chi connectivity index (χ1) is 10.0. The maximum absolute atomic E-state index is 13.4. The highest BCUT2D eigenvalue weighted by Gasteiger charge is 2.32. The van der Waals surface area contributed by atoms with Crippen molar-refractivity contribution in [1.29, 1.82) is 0 Å². The third-order valence-corrected chi connectivity index (χ3v) is 3.75. The molecule has 2 atom stereocenters. The number of aryl methyl sites for hydroxylation is 1. The van der Waals surface area contributed by atoms with E-state index in [0.717, 1.165) is 11.8 Å². The van der Waals surface area contributed by atoms with Crippen molar-refractivity contribution in [3.05, 3.63) is 52.9 Å². The molecule has 1 aromatic carbocycles. The van der Waals surface area contributed by atoms with Gasteiger partial charge in [0.15, 0.2) is 11.6 Å². The van der Waals surface area contributed by atoms with Gasteiger partial charge in [0, 0.05) is 25.2 Å². The number of β-amino-alcohol motifs (C(OH)–C–C–N with tert-alkyl or cyclic N) is 1. The largest absolute Gasteiger partial charge is 0.392 e. The van der Waals surface area contributed by atoms with Crippen molar-refractivity contribution in [3.8, 4) is 0 Å². The van der Waals surface area contributed by atoms with E-state index in [0.29, 0.717) is 30.8 Å². The Hall–Kier alpha value is -1.79. The van der Waals surface area contributed by atoms with Gasteiger partial charge in [-0.1, -0.05) is 11.2 Å². The lowest BCUT2D eigenvalue weighted by Crippen LogP contribution is -2.24. The lowest BCUT2D eigenvalue weighted by molar-refractivity contribution is 0.171. The maximum atomic E-state index is 13.4. The molecule has 112 valence electrons. The third kappa shape index (κ3) is 2.96. The summed E-state index contributed by atoms with van der Waals surface area (Å²) in [5.74, 6) is -1.02. The van der Waals surface area contributed by atoms with E-state index in [1.165, 1.54) is 6.07 Å². The summed E-state index contributed by atoms with van der Waals surface area (Å²) in [7, 11) is 0. The normalized spacial score (nSPS) is 22.9. The van der Waals surface area contributed by atoms with E-state index in [1.54, 1.807) is 6.07 Å².